The first-order valence-electron chi connectivity index (χ1n) is 5.13. The van der Waals surface area contributed by atoms with Crippen LogP contribution in [0.15, 0.2) is 36.4 Å². The molecule has 0 radical (unpaired) electrons. The van der Waals surface area contributed by atoms with E-state index in [1.54, 1.807) is 6.92 Å². The van der Waals surface area contributed by atoms with Gasteiger partial charge in [-0.1, -0.05) is 18.2 Å². The quantitative estimate of drug-likeness (QED) is 0.720. The van der Waals surface area contributed by atoms with Gasteiger partial charge in [0.25, 0.3) is 0 Å². The van der Waals surface area contributed by atoms with Crippen LogP contribution in [-0.2, 0) is 0 Å². The maximum atomic E-state index is 13.8. The van der Waals surface area contributed by atoms with Gasteiger partial charge in [0.1, 0.15) is 17.9 Å². The summed E-state index contributed by atoms with van der Waals surface area (Å²) in [6.45, 7) is 1.71. The van der Waals surface area contributed by atoms with Gasteiger partial charge in [-0.15, -0.1) is 0 Å². The zero-order valence-corrected chi connectivity index (χ0v) is 9.21. The van der Waals surface area contributed by atoms with Gasteiger partial charge in [0, 0.05) is 11.1 Å². The molecule has 0 unspecified atom stereocenters. The fraction of sp³-hybridized carbons (Fsp3) is 0.0714. The van der Waals surface area contributed by atoms with E-state index in [4.69, 9.17) is 0 Å². The lowest BCUT2D eigenvalue weighted by Gasteiger charge is -2.07. The Morgan fingerprint density at radius 1 is 1.00 bits per heavy atom. The molecule has 0 amide bonds. The molecule has 2 aromatic rings. The van der Waals surface area contributed by atoms with Gasteiger partial charge in [-0.3, -0.25) is 4.79 Å². The van der Waals surface area contributed by atoms with E-state index in [1.807, 2.05) is 0 Å². The zero-order chi connectivity index (χ0) is 12.4. The molecule has 2 rings (SSSR count). The van der Waals surface area contributed by atoms with Crippen molar-refractivity contribution < 1.29 is 13.6 Å². The smallest absolute Gasteiger partial charge is 0.150 e. The number of hydrogen-bond acceptors (Lipinski definition) is 1. The Kier molecular flexibility index (Phi) is 3.00. The Labute approximate surface area is 97.7 Å². The molecule has 0 aliphatic heterocycles. The Bertz CT molecular complexity index is 576. The first-order chi connectivity index (χ1) is 8.11. The molecule has 1 nitrogen and oxygen atoms in total. The molecule has 17 heavy (non-hydrogen) atoms. The van der Waals surface area contributed by atoms with Crippen molar-refractivity contribution in [2.45, 2.75) is 6.92 Å². The Morgan fingerprint density at radius 2 is 1.71 bits per heavy atom. The summed E-state index contributed by atoms with van der Waals surface area (Å²) in [6.07, 6.45) is 0.588. The minimum Gasteiger partial charge on any atom is -0.298 e. The fourth-order valence-corrected chi connectivity index (χ4v) is 1.75. The summed E-state index contributed by atoms with van der Waals surface area (Å²) in [4.78, 5) is 10.5. The van der Waals surface area contributed by atoms with Crippen LogP contribution in [-0.4, -0.2) is 6.29 Å². The van der Waals surface area contributed by atoms with Gasteiger partial charge in [-0.05, 0) is 36.2 Å². The minimum absolute atomic E-state index is 0.283. The molecule has 0 saturated heterocycles. The van der Waals surface area contributed by atoms with E-state index in [0.717, 1.165) is 0 Å². The predicted molar refractivity (Wildman–Crippen MR) is 61.9 cm³/mol. The molecule has 0 aliphatic carbocycles. The SMILES string of the molecule is Cc1cc(F)ccc1-c1ccc(C=O)cc1F. The number of halogens is 2. The molecule has 0 spiro atoms. The zero-order valence-electron chi connectivity index (χ0n) is 9.21. The second kappa shape index (κ2) is 4.45. The maximum absolute atomic E-state index is 13.8. The van der Waals surface area contributed by atoms with E-state index in [9.17, 15) is 13.6 Å². The van der Waals surface area contributed by atoms with Gasteiger partial charge >= 0.3 is 0 Å². The van der Waals surface area contributed by atoms with Crippen LogP contribution in [0, 0.1) is 18.6 Å². The number of aldehydes is 1. The molecule has 86 valence electrons. The van der Waals surface area contributed by atoms with Crippen LogP contribution in [0.2, 0.25) is 0 Å². The lowest BCUT2D eigenvalue weighted by molar-refractivity contribution is 0.112. The molecule has 0 aliphatic rings. The maximum Gasteiger partial charge on any atom is 0.150 e. The summed E-state index contributed by atoms with van der Waals surface area (Å²) in [5, 5.41) is 0. The van der Waals surface area contributed by atoms with Crippen molar-refractivity contribution in [3.8, 4) is 11.1 Å². The third kappa shape index (κ3) is 2.23. The van der Waals surface area contributed by atoms with Crippen LogP contribution in [0.5, 0.6) is 0 Å². The van der Waals surface area contributed by atoms with Crippen molar-refractivity contribution >= 4 is 6.29 Å². The van der Waals surface area contributed by atoms with Crippen molar-refractivity contribution in [3.63, 3.8) is 0 Å². The first-order valence-corrected chi connectivity index (χ1v) is 5.13. The van der Waals surface area contributed by atoms with Crippen LogP contribution < -0.4 is 0 Å². The molecular weight excluding hydrogens is 222 g/mol. The number of rotatable bonds is 2. The minimum atomic E-state index is -0.482. The molecule has 0 N–H and O–H groups in total. The summed E-state index contributed by atoms with van der Waals surface area (Å²) >= 11 is 0. The van der Waals surface area contributed by atoms with Gasteiger partial charge in [0.2, 0.25) is 0 Å². The van der Waals surface area contributed by atoms with Gasteiger partial charge in [-0.2, -0.15) is 0 Å². The number of hydrogen-bond donors (Lipinski definition) is 0. The Morgan fingerprint density at radius 3 is 2.29 bits per heavy atom. The molecule has 3 heteroatoms. The number of aryl methyl sites for hydroxylation is 1. The summed E-state index contributed by atoms with van der Waals surface area (Å²) in [5.41, 5.74) is 1.93. The third-order valence-electron chi connectivity index (χ3n) is 2.61. The summed E-state index contributed by atoms with van der Waals surface area (Å²) in [7, 11) is 0. The summed E-state index contributed by atoms with van der Waals surface area (Å²) in [5.74, 6) is -0.833. The van der Waals surface area contributed by atoms with Crippen molar-refractivity contribution in [1.29, 1.82) is 0 Å². The first kappa shape index (κ1) is 11.5. The van der Waals surface area contributed by atoms with E-state index in [1.165, 1.54) is 36.4 Å². The average molecular weight is 232 g/mol. The second-order valence-electron chi connectivity index (χ2n) is 3.82. The standard InChI is InChI=1S/C14H10F2O/c1-9-6-11(15)3-5-12(9)13-4-2-10(8-17)7-14(13)16/h2-8H,1H3. The molecule has 0 bridgehead atoms. The Balaban J connectivity index is 2.56. The Hall–Kier alpha value is -2.03. The fourth-order valence-electron chi connectivity index (χ4n) is 1.75. The van der Waals surface area contributed by atoms with Crippen LogP contribution in [0.25, 0.3) is 11.1 Å². The van der Waals surface area contributed by atoms with E-state index < -0.39 is 5.82 Å². The lowest BCUT2D eigenvalue weighted by atomic mass is 9.99. The molecule has 0 atom stereocenters. The average Bonchev–Trinajstić information content (AvgIpc) is 2.30. The van der Waals surface area contributed by atoms with E-state index in [0.29, 0.717) is 23.0 Å². The van der Waals surface area contributed by atoms with Gasteiger partial charge < -0.3 is 0 Å². The van der Waals surface area contributed by atoms with Crippen LogP contribution >= 0.6 is 0 Å². The third-order valence-corrected chi connectivity index (χ3v) is 2.61. The second-order valence-corrected chi connectivity index (χ2v) is 3.82. The van der Waals surface area contributed by atoms with Crippen molar-refractivity contribution in [3.05, 3.63) is 59.2 Å². The topological polar surface area (TPSA) is 17.1 Å². The van der Waals surface area contributed by atoms with Crippen LogP contribution in [0.1, 0.15) is 15.9 Å². The molecule has 0 saturated carbocycles. The van der Waals surface area contributed by atoms with Crippen LogP contribution in [0.4, 0.5) is 8.78 Å². The van der Waals surface area contributed by atoms with Crippen LogP contribution in [0.3, 0.4) is 0 Å². The highest BCUT2D eigenvalue weighted by atomic mass is 19.1. The van der Waals surface area contributed by atoms with Gasteiger partial charge in [-0.25, -0.2) is 8.78 Å². The number of carbonyl (C=O) groups excluding carboxylic acids is 1. The summed E-state index contributed by atoms with van der Waals surface area (Å²) < 4.78 is 26.7. The molecule has 0 fully saturated rings. The van der Waals surface area contributed by atoms with E-state index in [-0.39, 0.29) is 11.4 Å². The van der Waals surface area contributed by atoms with Crippen molar-refractivity contribution in [2.75, 3.05) is 0 Å². The monoisotopic (exact) mass is 232 g/mol. The largest absolute Gasteiger partial charge is 0.298 e. The highest BCUT2D eigenvalue weighted by Gasteiger charge is 2.09. The van der Waals surface area contributed by atoms with Crippen molar-refractivity contribution in [2.24, 2.45) is 0 Å². The highest BCUT2D eigenvalue weighted by molar-refractivity contribution is 5.77. The number of benzene rings is 2. The molecular formula is C14H10F2O. The molecule has 0 aromatic heterocycles. The van der Waals surface area contributed by atoms with Gasteiger partial charge in [0.05, 0.1) is 0 Å². The predicted octanol–water partition coefficient (Wildman–Crippen LogP) is 3.75. The molecule has 0 heterocycles. The van der Waals surface area contributed by atoms with E-state index >= 15 is 0 Å². The van der Waals surface area contributed by atoms with E-state index in [2.05, 4.69) is 0 Å². The lowest BCUT2D eigenvalue weighted by Crippen LogP contribution is -1.91. The van der Waals surface area contributed by atoms with Gasteiger partial charge in [0.15, 0.2) is 0 Å². The number of carbonyl (C=O) groups is 1. The van der Waals surface area contributed by atoms with Crippen molar-refractivity contribution in [1.82, 2.24) is 0 Å². The normalized spacial score (nSPS) is 10.3. The highest BCUT2D eigenvalue weighted by Crippen LogP contribution is 2.26. The summed E-state index contributed by atoms with van der Waals surface area (Å²) in [6, 6.07) is 8.40. The molecule has 2 aromatic carbocycles.